The number of piperazine rings is 1. The number of hydrogen-bond acceptors (Lipinski definition) is 6. The molecule has 0 radical (unpaired) electrons. The number of benzene rings is 1. The summed E-state index contributed by atoms with van der Waals surface area (Å²) in [5, 5.41) is 3.20. The van der Waals surface area contributed by atoms with E-state index in [1.807, 2.05) is 35.2 Å². The molecular weight excluding hydrogens is 412 g/mol. The SMILES string of the molecule is CCc1cc2c(N3CCN(C(=O)c4ccc(-c5cccs5)cc4)CC3)ncnc2s1. The lowest BCUT2D eigenvalue weighted by Gasteiger charge is -2.35. The van der Waals surface area contributed by atoms with Crippen molar-refractivity contribution in [1.82, 2.24) is 14.9 Å². The molecule has 0 N–H and O–H groups in total. The summed E-state index contributed by atoms with van der Waals surface area (Å²) in [6.45, 7) is 5.11. The first-order valence-electron chi connectivity index (χ1n) is 10.1. The lowest BCUT2D eigenvalue weighted by Crippen LogP contribution is -2.49. The number of aryl methyl sites for hydroxylation is 1. The number of hydrogen-bond donors (Lipinski definition) is 0. The second-order valence-electron chi connectivity index (χ2n) is 7.32. The molecule has 1 amide bonds. The Hall–Kier alpha value is -2.77. The molecule has 1 aliphatic heterocycles. The maximum absolute atomic E-state index is 13.0. The molecule has 1 aliphatic rings. The van der Waals surface area contributed by atoms with Crippen LogP contribution >= 0.6 is 22.7 Å². The highest BCUT2D eigenvalue weighted by molar-refractivity contribution is 7.18. The van der Waals surface area contributed by atoms with Crippen LogP contribution in [0.2, 0.25) is 0 Å². The number of fused-ring (bicyclic) bond motifs is 1. The Bertz CT molecular complexity index is 1160. The molecular formula is C23H22N4OS2. The molecule has 152 valence electrons. The number of anilines is 1. The zero-order chi connectivity index (χ0) is 20.5. The quantitative estimate of drug-likeness (QED) is 0.456. The molecule has 1 fully saturated rings. The van der Waals surface area contributed by atoms with Crippen molar-refractivity contribution < 1.29 is 4.79 Å². The molecule has 5 nitrogen and oxygen atoms in total. The number of rotatable bonds is 4. The topological polar surface area (TPSA) is 49.3 Å². The van der Waals surface area contributed by atoms with E-state index in [0.717, 1.165) is 46.7 Å². The number of amides is 1. The number of carbonyl (C=O) groups excluding carboxylic acids is 1. The monoisotopic (exact) mass is 434 g/mol. The van der Waals surface area contributed by atoms with Gasteiger partial charge in [0.05, 0.1) is 5.39 Å². The highest BCUT2D eigenvalue weighted by atomic mass is 32.1. The van der Waals surface area contributed by atoms with E-state index in [-0.39, 0.29) is 5.91 Å². The molecule has 0 unspecified atom stereocenters. The van der Waals surface area contributed by atoms with Crippen LogP contribution in [0.4, 0.5) is 5.82 Å². The molecule has 3 aromatic heterocycles. The maximum atomic E-state index is 13.0. The standard InChI is InChI=1S/C23H22N4OS2/c1-2-18-14-19-21(24-15-25-22(19)30-18)26-9-11-27(12-10-26)23(28)17-7-5-16(6-8-17)20-4-3-13-29-20/h3-8,13-15H,2,9-12H2,1H3. The first-order valence-corrected chi connectivity index (χ1v) is 11.8. The van der Waals surface area contributed by atoms with E-state index in [4.69, 9.17) is 0 Å². The summed E-state index contributed by atoms with van der Waals surface area (Å²) < 4.78 is 0. The summed E-state index contributed by atoms with van der Waals surface area (Å²) in [5.41, 5.74) is 1.90. The number of thiophene rings is 2. The minimum atomic E-state index is 0.101. The molecule has 1 saturated heterocycles. The summed E-state index contributed by atoms with van der Waals surface area (Å²) in [6, 6.07) is 14.3. The summed E-state index contributed by atoms with van der Waals surface area (Å²) in [4.78, 5) is 29.8. The fraction of sp³-hybridized carbons (Fsp3) is 0.261. The highest BCUT2D eigenvalue weighted by Gasteiger charge is 2.24. The van der Waals surface area contributed by atoms with Crippen LogP contribution in [-0.4, -0.2) is 47.0 Å². The Balaban J connectivity index is 1.28. The van der Waals surface area contributed by atoms with Gasteiger partial charge in [0.15, 0.2) is 0 Å². The fourth-order valence-electron chi connectivity index (χ4n) is 3.84. The zero-order valence-corrected chi connectivity index (χ0v) is 18.4. The summed E-state index contributed by atoms with van der Waals surface area (Å²) in [7, 11) is 0. The van der Waals surface area contributed by atoms with Crippen molar-refractivity contribution in [2.75, 3.05) is 31.1 Å². The minimum Gasteiger partial charge on any atom is -0.352 e. The van der Waals surface area contributed by atoms with Gasteiger partial charge in [0.25, 0.3) is 5.91 Å². The van der Waals surface area contributed by atoms with E-state index in [1.165, 1.54) is 9.75 Å². The van der Waals surface area contributed by atoms with Gasteiger partial charge in [-0.3, -0.25) is 4.79 Å². The van der Waals surface area contributed by atoms with Gasteiger partial charge in [-0.15, -0.1) is 22.7 Å². The van der Waals surface area contributed by atoms with Crippen molar-refractivity contribution in [1.29, 1.82) is 0 Å². The maximum Gasteiger partial charge on any atom is 0.253 e. The van der Waals surface area contributed by atoms with Crippen molar-refractivity contribution in [3.8, 4) is 10.4 Å². The Labute approximate surface area is 183 Å². The van der Waals surface area contributed by atoms with Crippen LogP contribution in [-0.2, 0) is 6.42 Å². The van der Waals surface area contributed by atoms with Crippen LogP contribution in [0.3, 0.4) is 0 Å². The molecule has 0 spiro atoms. The minimum absolute atomic E-state index is 0.101. The van der Waals surface area contributed by atoms with E-state index in [2.05, 4.69) is 39.3 Å². The third-order valence-corrected chi connectivity index (χ3v) is 7.62. The first kappa shape index (κ1) is 19.2. The van der Waals surface area contributed by atoms with E-state index >= 15 is 0 Å². The molecule has 0 atom stereocenters. The van der Waals surface area contributed by atoms with Gasteiger partial charge < -0.3 is 9.80 Å². The Morgan fingerprint density at radius 3 is 2.57 bits per heavy atom. The molecule has 30 heavy (non-hydrogen) atoms. The van der Waals surface area contributed by atoms with Crippen molar-refractivity contribution in [2.24, 2.45) is 0 Å². The molecule has 4 heterocycles. The molecule has 0 aliphatic carbocycles. The average Bonchev–Trinajstić information content (AvgIpc) is 3.48. The highest BCUT2D eigenvalue weighted by Crippen LogP contribution is 2.31. The Morgan fingerprint density at radius 2 is 1.87 bits per heavy atom. The van der Waals surface area contributed by atoms with Gasteiger partial charge in [0.2, 0.25) is 0 Å². The van der Waals surface area contributed by atoms with Gasteiger partial charge in [-0.1, -0.05) is 25.1 Å². The van der Waals surface area contributed by atoms with Crippen LogP contribution in [0.15, 0.2) is 54.2 Å². The van der Waals surface area contributed by atoms with E-state index < -0.39 is 0 Å². The van der Waals surface area contributed by atoms with E-state index in [0.29, 0.717) is 13.1 Å². The lowest BCUT2D eigenvalue weighted by atomic mass is 10.1. The molecule has 0 saturated carbocycles. The first-order chi connectivity index (χ1) is 14.7. The van der Waals surface area contributed by atoms with Crippen LogP contribution in [0.5, 0.6) is 0 Å². The molecule has 4 aromatic rings. The Kier molecular flexibility index (Phi) is 5.23. The van der Waals surface area contributed by atoms with Gasteiger partial charge in [0.1, 0.15) is 17.0 Å². The average molecular weight is 435 g/mol. The normalized spacial score (nSPS) is 14.4. The second-order valence-corrected chi connectivity index (χ2v) is 9.38. The predicted molar refractivity (Wildman–Crippen MR) is 125 cm³/mol. The van der Waals surface area contributed by atoms with Crippen molar-refractivity contribution in [3.05, 3.63) is 64.6 Å². The van der Waals surface area contributed by atoms with Crippen molar-refractivity contribution in [3.63, 3.8) is 0 Å². The zero-order valence-electron chi connectivity index (χ0n) is 16.7. The summed E-state index contributed by atoms with van der Waals surface area (Å²) in [6.07, 6.45) is 2.66. The van der Waals surface area contributed by atoms with Gasteiger partial charge in [-0.05, 0) is 41.6 Å². The van der Waals surface area contributed by atoms with E-state index in [9.17, 15) is 4.79 Å². The number of aromatic nitrogens is 2. The third kappa shape index (κ3) is 3.59. The number of nitrogens with zero attached hydrogens (tertiary/aromatic N) is 4. The molecule has 1 aromatic carbocycles. The molecule has 5 rings (SSSR count). The van der Waals surface area contributed by atoms with Crippen LogP contribution in [0.25, 0.3) is 20.7 Å². The van der Waals surface area contributed by atoms with Crippen molar-refractivity contribution >= 4 is 44.6 Å². The summed E-state index contributed by atoms with van der Waals surface area (Å²) in [5.74, 6) is 1.09. The number of carbonyl (C=O) groups is 1. The van der Waals surface area contributed by atoms with E-state index in [1.54, 1.807) is 29.0 Å². The van der Waals surface area contributed by atoms with Crippen LogP contribution < -0.4 is 4.90 Å². The summed E-state index contributed by atoms with van der Waals surface area (Å²) >= 11 is 3.45. The largest absolute Gasteiger partial charge is 0.352 e. The van der Waals surface area contributed by atoms with Crippen LogP contribution in [0.1, 0.15) is 22.2 Å². The van der Waals surface area contributed by atoms with Crippen LogP contribution in [0, 0.1) is 0 Å². The third-order valence-electron chi connectivity index (χ3n) is 5.51. The lowest BCUT2D eigenvalue weighted by molar-refractivity contribution is 0.0746. The van der Waals surface area contributed by atoms with Gasteiger partial charge >= 0.3 is 0 Å². The Morgan fingerprint density at radius 1 is 1.07 bits per heavy atom. The molecule has 0 bridgehead atoms. The van der Waals surface area contributed by atoms with Gasteiger partial charge in [-0.25, -0.2) is 9.97 Å². The molecule has 7 heteroatoms. The predicted octanol–water partition coefficient (Wildman–Crippen LogP) is 4.94. The smallest absolute Gasteiger partial charge is 0.253 e. The van der Waals surface area contributed by atoms with Gasteiger partial charge in [-0.2, -0.15) is 0 Å². The fourth-order valence-corrected chi connectivity index (χ4v) is 5.51. The van der Waals surface area contributed by atoms with Crippen molar-refractivity contribution in [2.45, 2.75) is 13.3 Å². The second kappa shape index (κ2) is 8.16. The van der Waals surface area contributed by atoms with Gasteiger partial charge in [0, 0.05) is 41.5 Å².